The van der Waals surface area contributed by atoms with Crippen LogP contribution >= 0.6 is 11.6 Å². The van der Waals surface area contributed by atoms with E-state index >= 15 is 0 Å². The van der Waals surface area contributed by atoms with E-state index in [1.807, 2.05) is 48.5 Å². The number of amides is 1. The average molecular weight is 348 g/mol. The Morgan fingerprint density at radius 2 is 1.88 bits per heavy atom. The van der Waals surface area contributed by atoms with Gasteiger partial charge in [-0.25, -0.2) is 0 Å². The fourth-order valence-electron chi connectivity index (χ4n) is 2.14. The topological polar surface area (TPSA) is 58.6 Å². The summed E-state index contributed by atoms with van der Waals surface area (Å²) in [6.45, 7) is 3.88. The molecule has 0 heterocycles. The van der Waals surface area contributed by atoms with Crippen LogP contribution in [0.5, 0.6) is 5.75 Å². The molecule has 0 aliphatic heterocycles. The minimum atomic E-state index is -0.625. The highest BCUT2D eigenvalue weighted by Crippen LogP contribution is 2.17. The number of aliphatic hydroxyl groups is 1. The van der Waals surface area contributed by atoms with Crippen LogP contribution in [0.2, 0.25) is 5.02 Å². The summed E-state index contributed by atoms with van der Waals surface area (Å²) in [6.07, 6.45) is 0.238. The third kappa shape index (κ3) is 5.87. The molecule has 2 aromatic carbocycles. The number of halogens is 1. The molecule has 0 unspecified atom stereocenters. The second kappa shape index (κ2) is 8.18. The maximum Gasteiger partial charge on any atom is 0.224 e. The number of hydrogen-bond acceptors (Lipinski definition) is 3. The van der Waals surface area contributed by atoms with Crippen LogP contribution in [0.1, 0.15) is 25.0 Å². The zero-order valence-corrected chi connectivity index (χ0v) is 14.6. The molecule has 0 radical (unpaired) electrons. The van der Waals surface area contributed by atoms with Gasteiger partial charge in [-0.05, 0) is 49.2 Å². The van der Waals surface area contributed by atoms with Gasteiger partial charge in [0.2, 0.25) is 5.91 Å². The molecule has 0 aliphatic rings. The molecule has 4 nitrogen and oxygen atoms in total. The minimum absolute atomic E-state index is 0.108. The molecule has 2 N–H and O–H groups in total. The number of nitrogens with one attached hydrogen (secondary N) is 1. The summed E-state index contributed by atoms with van der Waals surface area (Å²) in [6, 6.07) is 14.9. The Kier molecular flexibility index (Phi) is 6.23. The van der Waals surface area contributed by atoms with Crippen molar-refractivity contribution >= 4 is 17.5 Å². The Bertz CT molecular complexity index is 683. The van der Waals surface area contributed by atoms with Gasteiger partial charge >= 0.3 is 0 Å². The predicted octanol–water partition coefficient (Wildman–Crippen LogP) is 3.35. The first kappa shape index (κ1) is 18.3. The van der Waals surface area contributed by atoms with Crippen molar-refractivity contribution in [1.29, 1.82) is 0 Å². The molecule has 0 bridgehead atoms. The monoisotopic (exact) mass is 347 g/mol. The summed E-state index contributed by atoms with van der Waals surface area (Å²) >= 11 is 5.86. The highest BCUT2D eigenvalue weighted by Gasteiger charge is 2.19. The lowest BCUT2D eigenvalue weighted by molar-refractivity contribution is -0.122. The number of carbonyl (C=O) groups is 1. The van der Waals surface area contributed by atoms with Crippen LogP contribution in [0.15, 0.2) is 48.5 Å². The van der Waals surface area contributed by atoms with Crippen molar-refractivity contribution < 1.29 is 14.6 Å². The lowest BCUT2D eigenvalue weighted by atomic mass is 10.1. The number of aliphatic hydroxyl groups excluding tert-OH is 1. The molecule has 5 heteroatoms. The summed E-state index contributed by atoms with van der Waals surface area (Å²) in [5.41, 5.74) is 1.25. The number of benzene rings is 2. The summed E-state index contributed by atoms with van der Waals surface area (Å²) in [5.74, 6) is 0.570. The largest absolute Gasteiger partial charge is 0.489 e. The molecule has 128 valence electrons. The number of hydrogen-bond donors (Lipinski definition) is 2. The van der Waals surface area contributed by atoms with E-state index in [9.17, 15) is 9.90 Å². The van der Waals surface area contributed by atoms with Crippen LogP contribution in [-0.4, -0.2) is 23.2 Å². The highest BCUT2D eigenvalue weighted by molar-refractivity contribution is 6.30. The van der Waals surface area contributed by atoms with E-state index in [-0.39, 0.29) is 18.9 Å². The van der Waals surface area contributed by atoms with Crippen molar-refractivity contribution in [3.05, 3.63) is 64.7 Å². The highest BCUT2D eigenvalue weighted by atomic mass is 35.5. The van der Waals surface area contributed by atoms with Gasteiger partial charge in [-0.1, -0.05) is 35.9 Å². The molecular weight excluding hydrogens is 326 g/mol. The van der Waals surface area contributed by atoms with Gasteiger partial charge in [-0.3, -0.25) is 4.79 Å². The predicted molar refractivity (Wildman–Crippen MR) is 95.2 cm³/mol. The summed E-state index contributed by atoms with van der Waals surface area (Å²) in [4.78, 5) is 12.0. The van der Waals surface area contributed by atoms with Crippen LogP contribution in [0.25, 0.3) is 0 Å². The van der Waals surface area contributed by atoms with E-state index in [0.717, 1.165) is 11.1 Å². The van der Waals surface area contributed by atoms with Crippen molar-refractivity contribution in [1.82, 2.24) is 5.32 Å². The Labute approximate surface area is 147 Å². The van der Waals surface area contributed by atoms with Gasteiger partial charge in [-0.2, -0.15) is 0 Å². The van der Waals surface area contributed by atoms with Crippen LogP contribution in [0, 0.1) is 0 Å². The first-order chi connectivity index (χ1) is 11.4. The Morgan fingerprint density at radius 1 is 1.17 bits per heavy atom. The summed E-state index contributed by atoms with van der Waals surface area (Å²) in [7, 11) is 0. The molecule has 24 heavy (non-hydrogen) atoms. The molecule has 0 saturated carbocycles. The molecule has 0 atom stereocenters. The van der Waals surface area contributed by atoms with E-state index in [1.165, 1.54) is 0 Å². The normalized spacial score (nSPS) is 11.2. The zero-order chi connectivity index (χ0) is 17.6. The quantitative estimate of drug-likeness (QED) is 0.807. The van der Waals surface area contributed by atoms with Crippen LogP contribution in [0.3, 0.4) is 0 Å². The Hall–Kier alpha value is -2.04. The van der Waals surface area contributed by atoms with E-state index in [1.54, 1.807) is 13.8 Å². The van der Waals surface area contributed by atoms with Gasteiger partial charge in [0.05, 0.1) is 18.6 Å². The molecule has 0 spiro atoms. The number of ether oxygens (including phenoxy) is 1. The van der Waals surface area contributed by atoms with E-state index < -0.39 is 5.54 Å². The van der Waals surface area contributed by atoms with Crippen LogP contribution in [0.4, 0.5) is 0 Å². The SMILES string of the molecule is CC(C)(CO)NC(=O)Cc1cccc(OCc2ccc(Cl)cc2)c1. The molecule has 0 aliphatic carbocycles. The second-order valence-corrected chi connectivity index (χ2v) is 6.77. The smallest absolute Gasteiger partial charge is 0.224 e. The van der Waals surface area contributed by atoms with E-state index in [4.69, 9.17) is 16.3 Å². The molecule has 1 amide bonds. The van der Waals surface area contributed by atoms with Crippen LogP contribution < -0.4 is 10.1 Å². The van der Waals surface area contributed by atoms with Gasteiger partial charge in [0.15, 0.2) is 0 Å². The fraction of sp³-hybridized carbons (Fsp3) is 0.316. The zero-order valence-electron chi connectivity index (χ0n) is 13.9. The van der Waals surface area contributed by atoms with Crippen molar-refractivity contribution in [3.63, 3.8) is 0 Å². The molecule has 0 aromatic heterocycles. The minimum Gasteiger partial charge on any atom is -0.489 e. The third-order valence-electron chi connectivity index (χ3n) is 3.45. The maximum atomic E-state index is 12.0. The lowest BCUT2D eigenvalue weighted by Crippen LogP contribution is -2.46. The van der Waals surface area contributed by atoms with Gasteiger partial charge in [0, 0.05) is 5.02 Å². The van der Waals surface area contributed by atoms with Crippen molar-refractivity contribution in [2.24, 2.45) is 0 Å². The molecular formula is C19H22ClNO3. The maximum absolute atomic E-state index is 12.0. The first-order valence-electron chi connectivity index (χ1n) is 7.76. The standard InChI is InChI=1S/C19H22ClNO3/c1-19(2,13-22)21-18(23)11-15-4-3-5-17(10-15)24-12-14-6-8-16(20)9-7-14/h3-10,22H,11-13H2,1-2H3,(H,21,23). The van der Waals surface area contributed by atoms with Crippen molar-refractivity contribution in [2.75, 3.05) is 6.61 Å². The number of carbonyl (C=O) groups excluding carboxylic acids is 1. The Morgan fingerprint density at radius 3 is 2.54 bits per heavy atom. The van der Waals surface area contributed by atoms with E-state index in [2.05, 4.69) is 5.32 Å². The van der Waals surface area contributed by atoms with Crippen molar-refractivity contribution in [3.8, 4) is 5.75 Å². The molecule has 2 rings (SSSR count). The summed E-state index contributed by atoms with van der Waals surface area (Å²) in [5, 5.41) is 12.7. The van der Waals surface area contributed by atoms with Gasteiger partial charge in [0.1, 0.15) is 12.4 Å². The lowest BCUT2D eigenvalue weighted by Gasteiger charge is -2.23. The molecule has 0 saturated heterocycles. The first-order valence-corrected chi connectivity index (χ1v) is 8.14. The Balaban J connectivity index is 1.93. The van der Waals surface area contributed by atoms with Crippen LogP contribution in [-0.2, 0) is 17.8 Å². The summed E-state index contributed by atoms with van der Waals surface area (Å²) < 4.78 is 5.76. The fourth-order valence-corrected chi connectivity index (χ4v) is 2.27. The van der Waals surface area contributed by atoms with Gasteiger partial charge < -0.3 is 15.2 Å². The molecule has 0 fully saturated rings. The third-order valence-corrected chi connectivity index (χ3v) is 3.71. The van der Waals surface area contributed by atoms with Gasteiger partial charge in [0.25, 0.3) is 0 Å². The van der Waals surface area contributed by atoms with Gasteiger partial charge in [-0.15, -0.1) is 0 Å². The van der Waals surface area contributed by atoms with Crippen molar-refractivity contribution in [2.45, 2.75) is 32.4 Å². The van der Waals surface area contributed by atoms with E-state index in [0.29, 0.717) is 17.4 Å². The molecule has 2 aromatic rings. The average Bonchev–Trinajstić information content (AvgIpc) is 2.54. The second-order valence-electron chi connectivity index (χ2n) is 6.33. The number of rotatable bonds is 7.